The third-order valence-corrected chi connectivity index (χ3v) is 5.87. The average molecular weight is 440 g/mol. The van der Waals surface area contributed by atoms with Crippen molar-refractivity contribution >= 4 is 40.3 Å². The SMILES string of the molecule is CCOc1cccc(C2C(C(=O)c3cccs3)=C(O)C(=O)N2c2cccc(Cl)c2)c1. The van der Waals surface area contributed by atoms with E-state index in [4.69, 9.17) is 16.3 Å². The van der Waals surface area contributed by atoms with Gasteiger partial charge < -0.3 is 9.84 Å². The van der Waals surface area contributed by atoms with Gasteiger partial charge in [0.15, 0.2) is 5.76 Å². The fourth-order valence-electron chi connectivity index (χ4n) is 3.53. The van der Waals surface area contributed by atoms with Gasteiger partial charge in [-0.15, -0.1) is 11.3 Å². The van der Waals surface area contributed by atoms with Gasteiger partial charge in [0, 0.05) is 10.7 Å². The molecule has 5 nitrogen and oxygen atoms in total. The third-order valence-electron chi connectivity index (χ3n) is 4.77. The monoisotopic (exact) mass is 439 g/mol. The van der Waals surface area contributed by atoms with Gasteiger partial charge in [-0.1, -0.05) is 35.9 Å². The molecule has 1 N–H and O–H groups in total. The largest absolute Gasteiger partial charge is 0.503 e. The van der Waals surface area contributed by atoms with Crippen LogP contribution in [-0.4, -0.2) is 23.4 Å². The average Bonchev–Trinajstić information content (AvgIpc) is 3.36. The summed E-state index contributed by atoms with van der Waals surface area (Å²) in [6, 6.07) is 16.6. The van der Waals surface area contributed by atoms with Gasteiger partial charge in [0.1, 0.15) is 5.75 Å². The molecule has 0 spiro atoms. The van der Waals surface area contributed by atoms with Crippen molar-refractivity contribution in [1.82, 2.24) is 0 Å². The lowest BCUT2D eigenvalue weighted by Crippen LogP contribution is -2.31. The molecule has 4 rings (SSSR count). The molecule has 1 amide bonds. The summed E-state index contributed by atoms with van der Waals surface area (Å²) >= 11 is 7.41. The van der Waals surface area contributed by atoms with Gasteiger partial charge in [0.05, 0.1) is 23.1 Å². The maximum absolute atomic E-state index is 13.3. The number of ether oxygens (including phenoxy) is 1. The molecule has 0 saturated carbocycles. The van der Waals surface area contributed by atoms with Crippen molar-refractivity contribution in [2.24, 2.45) is 0 Å². The third kappa shape index (κ3) is 3.60. The fraction of sp³-hybridized carbons (Fsp3) is 0.130. The number of halogens is 1. The van der Waals surface area contributed by atoms with E-state index in [0.29, 0.717) is 33.5 Å². The van der Waals surface area contributed by atoms with E-state index in [0.717, 1.165) is 0 Å². The molecule has 7 heteroatoms. The van der Waals surface area contributed by atoms with E-state index in [1.165, 1.54) is 16.2 Å². The van der Waals surface area contributed by atoms with Crippen molar-refractivity contribution in [1.29, 1.82) is 0 Å². The minimum absolute atomic E-state index is 0.0380. The molecule has 0 bridgehead atoms. The number of aliphatic hydroxyl groups is 1. The lowest BCUT2D eigenvalue weighted by atomic mass is 9.95. The van der Waals surface area contributed by atoms with Crippen molar-refractivity contribution in [3.05, 3.63) is 92.8 Å². The Morgan fingerprint density at radius 3 is 2.67 bits per heavy atom. The zero-order valence-electron chi connectivity index (χ0n) is 16.0. The highest BCUT2D eigenvalue weighted by Crippen LogP contribution is 2.43. The maximum Gasteiger partial charge on any atom is 0.294 e. The van der Waals surface area contributed by atoms with Gasteiger partial charge in [-0.3, -0.25) is 14.5 Å². The van der Waals surface area contributed by atoms with Crippen LogP contribution in [-0.2, 0) is 4.79 Å². The van der Waals surface area contributed by atoms with Crippen LogP contribution in [0, 0.1) is 0 Å². The first-order valence-corrected chi connectivity index (χ1v) is 10.6. The Labute approximate surface area is 182 Å². The summed E-state index contributed by atoms with van der Waals surface area (Å²) in [6.45, 7) is 2.36. The summed E-state index contributed by atoms with van der Waals surface area (Å²) in [6.07, 6.45) is 0. The second-order valence-corrected chi connectivity index (χ2v) is 8.02. The summed E-state index contributed by atoms with van der Waals surface area (Å²) in [7, 11) is 0. The minimum Gasteiger partial charge on any atom is -0.503 e. The number of aliphatic hydroxyl groups excluding tert-OH is 1. The van der Waals surface area contributed by atoms with E-state index in [1.807, 2.05) is 6.92 Å². The molecule has 1 aromatic heterocycles. The zero-order chi connectivity index (χ0) is 21.3. The molecule has 1 aliphatic heterocycles. The Balaban J connectivity index is 1.88. The summed E-state index contributed by atoms with van der Waals surface area (Å²) in [4.78, 5) is 28.2. The smallest absolute Gasteiger partial charge is 0.294 e. The number of anilines is 1. The molecule has 0 aliphatic carbocycles. The number of carbonyl (C=O) groups is 2. The Kier molecular flexibility index (Phi) is 5.61. The molecule has 2 heterocycles. The second-order valence-electron chi connectivity index (χ2n) is 6.63. The molecular formula is C23H18ClNO4S. The number of carbonyl (C=O) groups excluding carboxylic acids is 2. The molecule has 30 heavy (non-hydrogen) atoms. The minimum atomic E-state index is -0.814. The van der Waals surface area contributed by atoms with E-state index < -0.39 is 17.7 Å². The highest BCUT2D eigenvalue weighted by atomic mass is 35.5. The topological polar surface area (TPSA) is 66.8 Å². The first kappa shape index (κ1) is 20.2. The Bertz CT molecular complexity index is 1140. The van der Waals surface area contributed by atoms with Crippen LogP contribution in [0.15, 0.2) is 77.4 Å². The molecule has 0 radical (unpaired) electrons. The highest BCUT2D eigenvalue weighted by molar-refractivity contribution is 7.12. The molecular weight excluding hydrogens is 422 g/mol. The number of amides is 1. The lowest BCUT2D eigenvalue weighted by molar-refractivity contribution is -0.117. The molecule has 1 unspecified atom stereocenters. The van der Waals surface area contributed by atoms with Gasteiger partial charge in [0.25, 0.3) is 5.91 Å². The number of rotatable bonds is 6. The summed E-state index contributed by atoms with van der Waals surface area (Å²) in [5.41, 5.74) is 1.18. The van der Waals surface area contributed by atoms with Crippen LogP contribution >= 0.6 is 22.9 Å². The number of benzene rings is 2. The number of hydrogen-bond acceptors (Lipinski definition) is 5. The van der Waals surface area contributed by atoms with Gasteiger partial charge >= 0.3 is 0 Å². The van der Waals surface area contributed by atoms with Crippen molar-refractivity contribution in [3.8, 4) is 5.75 Å². The molecule has 1 aliphatic rings. The zero-order valence-corrected chi connectivity index (χ0v) is 17.6. The number of thiophene rings is 1. The van der Waals surface area contributed by atoms with E-state index >= 15 is 0 Å². The standard InChI is InChI=1S/C23H18ClNO4S/c1-2-29-17-9-3-6-14(12-17)20-19(21(26)18-10-5-11-30-18)22(27)23(28)25(20)16-8-4-7-15(24)13-16/h3-13,20,27H,2H2,1H3. The van der Waals surface area contributed by atoms with Crippen LogP contribution < -0.4 is 9.64 Å². The number of Topliss-reactive ketones (excluding diaryl/α,β-unsaturated/α-hetero) is 1. The Hall–Kier alpha value is -3.09. The molecule has 152 valence electrons. The van der Waals surface area contributed by atoms with Gasteiger partial charge in [-0.25, -0.2) is 0 Å². The predicted octanol–water partition coefficient (Wildman–Crippen LogP) is 5.58. The molecule has 0 fully saturated rings. The van der Waals surface area contributed by atoms with E-state index in [9.17, 15) is 14.7 Å². The summed E-state index contributed by atoms with van der Waals surface area (Å²) in [5.74, 6) is -0.973. The van der Waals surface area contributed by atoms with Gasteiger partial charge in [-0.2, -0.15) is 0 Å². The van der Waals surface area contributed by atoms with Gasteiger partial charge in [-0.05, 0) is 54.3 Å². The van der Waals surface area contributed by atoms with Crippen LogP contribution in [0.2, 0.25) is 5.02 Å². The maximum atomic E-state index is 13.3. The van der Waals surface area contributed by atoms with E-state index in [-0.39, 0.29) is 11.4 Å². The van der Waals surface area contributed by atoms with Gasteiger partial charge in [0.2, 0.25) is 5.78 Å². The predicted molar refractivity (Wildman–Crippen MR) is 118 cm³/mol. The second kappa shape index (κ2) is 8.34. The quantitative estimate of drug-likeness (QED) is 0.509. The number of hydrogen-bond donors (Lipinski definition) is 1. The molecule has 2 aromatic carbocycles. The first-order valence-electron chi connectivity index (χ1n) is 9.34. The fourth-order valence-corrected chi connectivity index (χ4v) is 4.39. The van der Waals surface area contributed by atoms with Crippen LogP contribution in [0.1, 0.15) is 28.2 Å². The normalized spacial score (nSPS) is 16.3. The van der Waals surface area contributed by atoms with Crippen LogP contribution in [0.4, 0.5) is 5.69 Å². The molecule has 1 atom stereocenters. The van der Waals surface area contributed by atoms with Crippen molar-refractivity contribution in [3.63, 3.8) is 0 Å². The highest BCUT2D eigenvalue weighted by Gasteiger charge is 2.45. The van der Waals surface area contributed by atoms with Crippen LogP contribution in [0.3, 0.4) is 0 Å². The van der Waals surface area contributed by atoms with E-state index in [2.05, 4.69) is 0 Å². The summed E-state index contributed by atoms with van der Waals surface area (Å²) < 4.78 is 5.60. The Morgan fingerprint density at radius 2 is 1.97 bits per heavy atom. The molecule has 0 saturated heterocycles. The van der Waals surface area contributed by atoms with E-state index in [1.54, 1.807) is 66.0 Å². The van der Waals surface area contributed by atoms with Crippen LogP contribution in [0.25, 0.3) is 0 Å². The van der Waals surface area contributed by atoms with Crippen molar-refractivity contribution in [2.45, 2.75) is 13.0 Å². The van der Waals surface area contributed by atoms with Crippen molar-refractivity contribution in [2.75, 3.05) is 11.5 Å². The number of ketones is 1. The first-order chi connectivity index (χ1) is 14.5. The summed E-state index contributed by atoms with van der Waals surface area (Å²) in [5, 5.41) is 13.0. The van der Waals surface area contributed by atoms with Crippen molar-refractivity contribution < 1.29 is 19.4 Å². The molecule has 3 aromatic rings. The Morgan fingerprint density at radius 1 is 1.17 bits per heavy atom. The number of nitrogens with zero attached hydrogens (tertiary/aromatic N) is 1. The lowest BCUT2D eigenvalue weighted by Gasteiger charge is -2.27. The van der Waals surface area contributed by atoms with Crippen LogP contribution in [0.5, 0.6) is 5.75 Å².